The Labute approximate surface area is 99.4 Å². The zero-order chi connectivity index (χ0) is 12.0. The second kappa shape index (κ2) is 6.33. The van der Waals surface area contributed by atoms with Crippen LogP contribution in [0.3, 0.4) is 0 Å². The van der Waals surface area contributed by atoms with Gasteiger partial charge in [0.2, 0.25) is 0 Å². The molecule has 5 heteroatoms. The van der Waals surface area contributed by atoms with Crippen LogP contribution in [0.1, 0.15) is 5.56 Å². The molecular formula is C11H13ClN2O2. The highest BCUT2D eigenvalue weighted by Gasteiger charge is 2.08. The number of hydrogen-bond acceptors (Lipinski definition) is 4. The summed E-state index contributed by atoms with van der Waals surface area (Å²) in [5, 5.41) is 21.7. The van der Waals surface area contributed by atoms with E-state index in [2.05, 4.69) is 5.32 Å². The monoisotopic (exact) mass is 240 g/mol. The minimum absolute atomic E-state index is 0.235. The molecule has 0 bridgehead atoms. The largest absolute Gasteiger partial charge is 0.389 e. The van der Waals surface area contributed by atoms with E-state index in [4.69, 9.17) is 21.6 Å². The number of nitriles is 1. The van der Waals surface area contributed by atoms with E-state index < -0.39 is 6.10 Å². The first-order chi connectivity index (χ1) is 7.69. The second-order valence-electron chi connectivity index (χ2n) is 3.26. The number of benzene rings is 1. The lowest BCUT2D eigenvalue weighted by atomic mass is 10.2. The maximum absolute atomic E-state index is 9.45. The first-order valence-corrected chi connectivity index (χ1v) is 5.16. The van der Waals surface area contributed by atoms with Crippen LogP contribution >= 0.6 is 11.6 Å². The molecule has 1 aromatic rings. The molecule has 0 aliphatic heterocycles. The van der Waals surface area contributed by atoms with E-state index in [1.54, 1.807) is 18.2 Å². The zero-order valence-electron chi connectivity index (χ0n) is 8.90. The quantitative estimate of drug-likeness (QED) is 0.821. The van der Waals surface area contributed by atoms with Gasteiger partial charge in [0, 0.05) is 13.7 Å². The summed E-state index contributed by atoms with van der Waals surface area (Å²) in [4.78, 5) is 0. The molecule has 0 fully saturated rings. The van der Waals surface area contributed by atoms with Crippen LogP contribution < -0.4 is 5.32 Å². The minimum atomic E-state index is -0.632. The molecule has 0 aliphatic carbocycles. The second-order valence-corrected chi connectivity index (χ2v) is 3.67. The predicted octanol–water partition coefficient (Wildman–Crippen LogP) is 1.63. The molecule has 1 rings (SSSR count). The summed E-state index contributed by atoms with van der Waals surface area (Å²) in [6.45, 7) is 0.519. The zero-order valence-corrected chi connectivity index (χ0v) is 9.66. The maximum Gasteiger partial charge on any atom is 0.101 e. The summed E-state index contributed by atoms with van der Waals surface area (Å²) in [6, 6.07) is 7.09. The molecule has 1 aromatic carbocycles. The van der Waals surface area contributed by atoms with Crippen molar-refractivity contribution in [3.63, 3.8) is 0 Å². The van der Waals surface area contributed by atoms with Gasteiger partial charge in [-0.25, -0.2) is 0 Å². The first kappa shape index (κ1) is 12.8. The molecule has 0 radical (unpaired) electrons. The van der Waals surface area contributed by atoms with E-state index in [9.17, 15) is 5.11 Å². The van der Waals surface area contributed by atoms with Gasteiger partial charge in [-0.05, 0) is 12.1 Å². The molecule has 0 saturated carbocycles. The fourth-order valence-corrected chi connectivity index (χ4v) is 1.51. The van der Waals surface area contributed by atoms with Crippen LogP contribution in [0.25, 0.3) is 0 Å². The number of hydrogen-bond donors (Lipinski definition) is 2. The van der Waals surface area contributed by atoms with Gasteiger partial charge in [0.1, 0.15) is 6.07 Å². The SMILES string of the molecule is COC[C@H](O)CNc1c(Cl)cccc1C#N. The molecule has 0 spiro atoms. The van der Waals surface area contributed by atoms with Crippen molar-refractivity contribution in [2.45, 2.75) is 6.10 Å². The number of ether oxygens (including phenoxy) is 1. The van der Waals surface area contributed by atoms with Crippen molar-refractivity contribution in [2.75, 3.05) is 25.6 Å². The normalized spacial score (nSPS) is 11.9. The van der Waals surface area contributed by atoms with Crippen molar-refractivity contribution in [1.82, 2.24) is 0 Å². The molecule has 1 atom stereocenters. The summed E-state index contributed by atoms with van der Waals surface area (Å²) in [5.74, 6) is 0. The molecule has 4 nitrogen and oxygen atoms in total. The molecule has 0 heterocycles. The van der Waals surface area contributed by atoms with Gasteiger partial charge >= 0.3 is 0 Å². The minimum Gasteiger partial charge on any atom is -0.389 e. The van der Waals surface area contributed by atoms with Crippen molar-refractivity contribution in [3.05, 3.63) is 28.8 Å². The molecule has 0 aliphatic rings. The van der Waals surface area contributed by atoms with Crippen LogP contribution in [-0.4, -0.2) is 31.5 Å². The lowest BCUT2D eigenvalue weighted by Gasteiger charge is -2.13. The van der Waals surface area contributed by atoms with Crippen molar-refractivity contribution in [1.29, 1.82) is 5.26 Å². The first-order valence-electron chi connectivity index (χ1n) is 4.78. The van der Waals surface area contributed by atoms with Gasteiger partial charge in [-0.2, -0.15) is 5.26 Å². The molecule has 86 valence electrons. The van der Waals surface area contributed by atoms with Crippen LogP contribution in [-0.2, 0) is 4.74 Å². The van der Waals surface area contributed by atoms with Gasteiger partial charge in [0.15, 0.2) is 0 Å². The van der Waals surface area contributed by atoms with Gasteiger partial charge < -0.3 is 15.2 Å². The third-order valence-corrected chi connectivity index (χ3v) is 2.32. The lowest BCUT2D eigenvalue weighted by molar-refractivity contribution is 0.0727. The Bertz CT molecular complexity index is 390. The summed E-state index contributed by atoms with van der Waals surface area (Å²) in [7, 11) is 1.51. The summed E-state index contributed by atoms with van der Waals surface area (Å²) in [5.41, 5.74) is 0.999. The van der Waals surface area contributed by atoms with E-state index in [0.29, 0.717) is 16.3 Å². The average Bonchev–Trinajstić information content (AvgIpc) is 2.27. The molecule has 2 N–H and O–H groups in total. The van der Waals surface area contributed by atoms with Crippen LogP contribution in [0.5, 0.6) is 0 Å². The summed E-state index contributed by atoms with van der Waals surface area (Å²) in [6.07, 6.45) is -0.632. The van der Waals surface area contributed by atoms with Crippen LogP contribution in [0.4, 0.5) is 5.69 Å². The van der Waals surface area contributed by atoms with Crippen molar-refractivity contribution in [3.8, 4) is 6.07 Å². The number of anilines is 1. The predicted molar refractivity (Wildman–Crippen MR) is 62.5 cm³/mol. The number of aliphatic hydroxyl groups excluding tert-OH is 1. The highest BCUT2D eigenvalue weighted by atomic mass is 35.5. The van der Waals surface area contributed by atoms with Gasteiger partial charge in [-0.15, -0.1) is 0 Å². The fraction of sp³-hybridized carbons (Fsp3) is 0.364. The van der Waals surface area contributed by atoms with Crippen molar-refractivity contribution < 1.29 is 9.84 Å². The number of aliphatic hydroxyl groups is 1. The molecule has 16 heavy (non-hydrogen) atoms. The Morgan fingerprint density at radius 1 is 1.62 bits per heavy atom. The third-order valence-electron chi connectivity index (χ3n) is 2.01. The number of nitrogens with zero attached hydrogens (tertiary/aromatic N) is 1. The van der Waals surface area contributed by atoms with Gasteiger partial charge in [-0.3, -0.25) is 0 Å². The van der Waals surface area contributed by atoms with Crippen LogP contribution in [0.2, 0.25) is 5.02 Å². The summed E-state index contributed by atoms with van der Waals surface area (Å²) < 4.78 is 4.79. The Balaban J connectivity index is 2.70. The maximum atomic E-state index is 9.45. The van der Waals surface area contributed by atoms with Gasteiger partial charge in [0.05, 0.1) is 29.0 Å². The lowest BCUT2D eigenvalue weighted by Crippen LogP contribution is -2.24. The number of methoxy groups -OCH3 is 1. The number of rotatable bonds is 5. The van der Waals surface area contributed by atoms with E-state index in [0.717, 1.165) is 0 Å². The van der Waals surface area contributed by atoms with Gasteiger partial charge in [0.25, 0.3) is 0 Å². The van der Waals surface area contributed by atoms with E-state index in [1.807, 2.05) is 6.07 Å². The van der Waals surface area contributed by atoms with Crippen LogP contribution in [0, 0.1) is 11.3 Å². The van der Waals surface area contributed by atoms with E-state index >= 15 is 0 Å². The highest BCUT2D eigenvalue weighted by Crippen LogP contribution is 2.25. The number of nitrogens with one attached hydrogen (secondary N) is 1. The van der Waals surface area contributed by atoms with Crippen molar-refractivity contribution >= 4 is 17.3 Å². The molecule has 0 aromatic heterocycles. The highest BCUT2D eigenvalue weighted by molar-refractivity contribution is 6.33. The van der Waals surface area contributed by atoms with Crippen molar-refractivity contribution in [2.24, 2.45) is 0 Å². The Morgan fingerprint density at radius 2 is 2.38 bits per heavy atom. The van der Waals surface area contributed by atoms with Crippen LogP contribution in [0.15, 0.2) is 18.2 Å². The fourth-order valence-electron chi connectivity index (χ4n) is 1.27. The third kappa shape index (κ3) is 3.38. The topological polar surface area (TPSA) is 65.3 Å². The van der Waals surface area contributed by atoms with E-state index in [-0.39, 0.29) is 13.2 Å². The number of para-hydroxylation sites is 1. The molecule has 0 unspecified atom stereocenters. The Hall–Kier alpha value is -1.28. The summed E-state index contributed by atoms with van der Waals surface area (Å²) >= 11 is 5.94. The Morgan fingerprint density at radius 3 is 3.00 bits per heavy atom. The van der Waals surface area contributed by atoms with E-state index in [1.165, 1.54) is 7.11 Å². The number of halogens is 1. The average molecular weight is 241 g/mol. The molecule has 0 saturated heterocycles. The Kier molecular flexibility index (Phi) is 5.06. The standard InChI is InChI=1S/C11H13ClN2O2/c1-16-7-9(15)6-14-11-8(5-13)3-2-4-10(11)12/h2-4,9,14-15H,6-7H2,1H3/t9-/m1/s1. The molecular weight excluding hydrogens is 228 g/mol. The van der Waals surface area contributed by atoms with Gasteiger partial charge in [-0.1, -0.05) is 17.7 Å². The smallest absolute Gasteiger partial charge is 0.101 e. The molecule has 0 amide bonds.